The number of benzene rings is 1. The summed E-state index contributed by atoms with van der Waals surface area (Å²) in [5, 5.41) is 11.1. The third-order valence-corrected chi connectivity index (χ3v) is 5.28. The van der Waals surface area contributed by atoms with Crippen LogP contribution in [0, 0.1) is 12.8 Å². The number of piperidine rings is 1. The number of hydrogen-bond donors (Lipinski definition) is 2. The van der Waals surface area contributed by atoms with Gasteiger partial charge in [0, 0.05) is 12.0 Å². The Balaban J connectivity index is 1.81. The molecule has 0 saturated carbocycles. The molecule has 1 aliphatic heterocycles. The van der Waals surface area contributed by atoms with Gasteiger partial charge >= 0.3 is 0 Å². The van der Waals surface area contributed by atoms with Crippen molar-refractivity contribution >= 4 is 5.91 Å². The zero-order chi connectivity index (χ0) is 18.5. The summed E-state index contributed by atoms with van der Waals surface area (Å²) >= 11 is 0. The van der Waals surface area contributed by atoms with Gasteiger partial charge in [0.2, 0.25) is 5.91 Å². The van der Waals surface area contributed by atoms with Crippen molar-refractivity contribution in [3.05, 3.63) is 48.0 Å². The maximum absolute atomic E-state index is 12.9. The van der Waals surface area contributed by atoms with E-state index in [-0.39, 0.29) is 23.9 Å². The summed E-state index contributed by atoms with van der Waals surface area (Å²) in [6.45, 7) is 7.22. The van der Waals surface area contributed by atoms with Crippen molar-refractivity contribution < 1.29 is 4.79 Å². The Hall–Kier alpha value is -2.21. The summed E-state index contributed by atoms with van der Waals surface area (Å²) in [5.41, 5.74) is 2.35. The number of carbonyl (C=O) groups excluding carboxylic acids is 1. The molecule has 26 heavy (non-hydrogen) atoms. The molecule has 2 aromatic rings. The first-order valence-electron chi connectivity index (χ1n) is 9.53. The van der Waals surface area contributed by atoms with Gasteiger partial charge in [-0.3, -0.25) is 4.79 Å². The molecule has 1 fully saturated rings. The van der Waals surface area contributed by atoms with Gasteiger partial charge < -0.3 is 10.6 Å². The molecule has 0 aliphatic carbocycles. The van der Waals surface area contributed by atoms with Crippen molar-refractivity contribution in [2.24, 2.45) is 5.92 Å². The molecule has 4 atom stereocenters. The van der Waals surface area contributed by atoms with Gasteiger partial charge in [0.25, 0.3) is 0 Å². The summed E-state index contributed by atoms with van der Waals surface area (Å²) in [6.07, 6.45) is 5.88. The second kappa shape index (κ2) is 8.45. The molecule has 2 unspecified atom stereocenters. The third-order valence-electron chi connectivity index (χ3n) is 5.28. The van der Waals surface area contributed by atoms with E-state index in [0.717, 1.165) is 31.4 Å². The molecular weight excluding hydrogens is 326 g/mol. The molecule has 2 N–H and O–H groups in total. The van der Waals surface area contributed by atoms with Crippen LogP contribution < -0.4 is 10.6 Å². The lowest BCUT2D eigenvalue weighted by Gasteiger charge is -2.32. The normalized spacial score (nSPS) is 22.6. The topological polar surface area (TPSA) is 71.8 Å². The summed E-state index contributed by atoms with van der Waals surface area (Å²) < 4.78 is 1.85. The molecular formula is C20H29N5O. The van der Waals surface area contributed by atoms with Crippen LogP contribution >= 0.6 is 0 Å². The molecule has 0 spiro atoms. The van der Waals surface area contributed by atoms with Gasteiger partial charge in [0.1, 0.15) is 12.7 Å². The Kier molecular flexibility index (Phi) is 6.04. The minimum absolute atomic E-state index is 0.0305. The van der Waals surface area contributed by atoms with E-state index in [2.05, 4.69) is 65.8 Å². The van der Waals surface area contributed by atoms with Crippen LogP contribution in [0.25, 0.3) is 0 Å². The van der Waals surface area contributed by atoms with E-state index in [0.29, 0.717) is 6.04 Å². The molecule has 6 nitrogen and oxygen atoms in total. The number of aryl methyl sites for hydroxylation is 1. The van der Waals surface area contributed by atoms with E-state index < -0.39 is 0 Å². The fraction of sp³-hybridized carbons (Fsp3) is 0.550. The van der Waals surface area contributed by atoms with Gasteiger partial charge in [-0.2, -0.15) is 5.10 Å². The van der Waals surface area contributed by atoms with Crippen molar-refractivity contribution in [3.8, 4) is 0 Å². The second-order valence-electron chi connectivity index (χ2n) is 7.33. The average Bonchev–Trinajstić information content (AvgIpc) is 3.16. The number of rotatable bonds is 6. The first-order valence-corrected chi connectivity index (χ1v) is 9.53. The monoisotopic (exact) mass is 355 g/mol. The summed E-state index contributed by atoms with van der Waals surface area (Å²) in [7, 11) is 0. The number of aromatic nitrogens is 3. The summed E-state index contributed by atoms with van der Waals surface area (Å²) in [6, 6.07) is 8.72. The lowest BCUT2D eigenvalue weighted by atomic mass is 9.91. The molecule has 3 rings (SSSR count). The van der Waals surface area contributed by atoms with Gasteiger partial charge in [0.15, 0.2) is 0 Å². The van der Waals surface area contributed by atoms with Crippen LogP contribution in [0.5, 0.6) is 0 Å². The van der Waals surface area contributed by atoms with Crippen molar-refractivity contribution in [2.45, 2.75) is 58.2 Å². The van der Waals surface area contributed by atoms with Crippen molar-refractivity contribution in [1.29, 1.82) is 0 Å². The maximum Gasteiger partial charge on any atom is 0.223 e. The van der Waals surface area contributed by atoms with Crippen LogP contribution in [0.3, 0.4) is 0 Å². The van der Waals surface area contributed by atoms with E-state index in [4.69, 9.17) is 0 Å². The number of nitrogens with one attached hydrogen (secondary N) is 2. The van der Waals surface area contributed by atoms with Crippen molar-refractivity contribution in [1.82, 2.24) is 25.4 Å². The summed E-state index contributed by atoms with van der Waals surface area (Å²) in [5.74, 6) is 0.233. The number of amides is 1. The molecule has 0 bridgehead atoms. The van der Waals surface area contributed by atoms with Crippen molar-refractivity contribution in [3.63, 3.8) is 0 Å². The highest BCUT2D eigenvalue weighted by molar-refractivity contribution is 5.79. The highest BCUT2D eigenvalue weighted by atomic mass is 16.2. The predicted molar refractivity (Wildman–Crippen MR) is 102 cm³/mol. The Morgan fingerprint density at radius 2 is 2.15 bits per heavy atom. The number of carbonyl (C=O) groups is 1. The minimum atomic E-state index is -0.0637. The molecule has 140 valence electrons. The Morgan fingerprint density at radius 3 is 2.77 bits per heavy atom. The predicted octanol–water partition coefficient (Wildman–Crippen LogP) is 2.46. The van der Waals surface area contributed by atoms with E-state index >= 15 is 0 Å². The van der Waals surface area contributed by atoms with Crippen LogP contribution in [0.1, 0.15) is 50.3 Å². The van der Waals surface area contributed by atoms with E-state index in [1.165, 1.54) is 5.56 Å². The zero-order valence-electron chi connectivity index (χ0n) is 15.9. The van der Waals surface area contributed by atoms with Crippen LogP contribution in [0.2, 0.25) is 0 Å². The Labute approximate surface area is 155 Å². The fourth-order valence-corrected chi connectivity index (χ4v) is 3.77. The van der Waals surface area contributed by atoms with E-state index in [9.17, 15) is 4.79 Å². The molecule has 1 saturated heterocycles. The SMILES string of the molecule is CCC(NC(=O)[C@H]1CCN[C@@H](C)C1)C(c1ccc(C)cc1)n1cncn1. The quantitative estimate of drug-likeness (QED) is 0.835. The molecule has 0 radical (unpaired) electrons. The summed E-state index contributed by atoms with van der Waals surface area (Å²) in [4.78, 5) is 17.0. The first-order chi connectivity index (χ1) is 12.6. The number of hydrogen-bond acceptors (Lipinski definition) is 4. The molecule has 1 aromatic carbocycles. The van der Waals surface area contributed by atoms with Crippen molar-refractivity contribution in [2.75, 3.05) is 6.54 Å². The van der Waals surface area contributed by atoms with Crippen LogP contribution in [-0.2, 0) is 4.79 Å². The smallest absolute Gasteiger partial charge is 0.223 e. The zero-order valence-corrected chi connectivity index (χ0v) is 15.9. The molecule has 1 aromatic heterocycles. The van der Waals surface area contributed by atoms with Gasteiger partial charge in [0.05, 0.1) is 12.1 Å². The highest BCUT2D eigenvalue weighted by Crippen LogP contribution is 2.25. The third kappa shape index (κ3) is 4.30. The van der Waals surface area contributed by atoms with Gasteiger partial charge in [-0.1, -0.05) is 36.8 Å². The molecule has 1 amide bonds. The van der Waals surface area contributed by atoms with Gasteiger partial charge in [-0.25, -0.2) is 9.67 Å². The highest BCUT2D eigenvalue weighted by Gasteiger charge is 2.30. The molecule has 6 heteroatoms. The second-order valence-corrected chi connectivity index (χ2v) is 7.33. The number of nitrogens with zero attached hydrogens (tertiary/aromatic N) is 3. The van der Waals surface area contributed by atoms with E-state index in [1.54, 1.807) is 12.7 Å². The molecule has 1 aliphatic rings. The van der Waals surface area contributed by atoms with Gasteiger partial charge in [-0.05, 0) is 45.2 Å². The van der Waals surface area contributed by atoms with Crippen LogP contribution in [0.15, 0.2) is 36.9 Å². The molecule has 2 heterocycles. The van der Waals surface area contributed by atoms with Gasteiger partial charge in [-0.15, -0.1) is 0 Å². The largest absolute Gasteiger partial charge is 0.351 e. The first kappa shape index (κ1) is 18.6. The fourth-order valence-electron chi connectivity index (χ4n) is 3.77. The lowest BCUT2D eigenvalue weighted by Crippen LogP contribution is -2.47. The lowest BCUT2D eigenvalue weighted by molar-refractivity contribution is -0.127. The van der Waals surface area contributed by atoms with Crippen LogP contribution in [-0.4, -0.2) is 39.3 Å². The Morgan fingerprint density at radius 1 is 1.38 bits per heavy atom. The standard InChI is InChI=1S/C20H29N5O/c1-4-18(24-20(26)17-9-10-22-15(3)11-17)19(25-13-21-12-23-25)16-7-5-14(2)6-8-16/h5-8,12-13,15,17-19,22H,4,9-11H2,1-3H3,(H,24,26)/t15-,17-,18?,19?/m0/s1. The maximum atomic E-state index is 12.9. The average molecular weight is 355 g/mol. The van der Waals surface area contributed by atoms with Crippen LogP contribution in [0.4, 0.5) is 0 Å². The Bertz CT molecular complexity index is 698. The minimum Gasteiger partial charge on any atom is -0.351 e. The van der Waals surface area contributed by atoms with E-state index in [1.807, 2.05) is 4.68 Å².